The van der Waals surface area contributed by atoms with Crippen molar-refractivity contribution >= 4 is 11.3 Å². The first kappa shape index (κ1) is 13.4. The molecule has 20 heavy (non-hydrogen) atoms. The zero-order valence-electron chi connectivity index (χ0n) is 12.5. The summed E-state index contributed by atoms with van der Waals surface area (Å²) in [6.07, 6.45) is 6.29. The molecule has 5 heteroatoms. The van der Waals surface area contributed by atoms with Gasteiger partial charge in [-0.15, -0.1) is 0 Å². The van der Waals surface area contributed by atoms with Crippen molar-refractivity contribution in [1.82, 2.24) is 14.6 Å². The van der Waals surface area contributed by atoms with Gasteiger partial charge in [0.1, 0.15) is 5.52 Å². The molecule has 2 heterocycles. The summed E-state index contributed by atoms with van der Waals surface area (Å²) in [5, 5.41) is 4.62. The molecule has 1 aliphatic rings. The number of aromatic nitrogens is 3. The van der Waals surface area contributed by atoms with Crippen LogP contribution in [-0.4, -0.2) is 34.2 Å². The van der Waals surface area contributed by atoms with Crippen LogP contribution in [0.15, 0.2) is 18.5 Å². The molecule has 0 bridgehead atoms. The number of anilines is 1. The van der Waals surface area contributed by atoms with Crippen molar-refractivity contribution < 1.29 is 0 Å². The monoisotopic (exact) mass is 273 g/mol. The number of likely N-dealkylation sites (N-methyl/N-ethyl adjacent to an activating group) is 1. The van der Waals surface area contributed by atoms with E-state index in [1.54, 1.807) is 0 Å². The Morgan fingerprint density at radius 3 is 2.80 bits per heavy atom. The number of rotatable bonds is 5. The third-order valence-corrected chi connectivity index (χ3v) is 4.22. The molecule has 0 radical (unpaired) electrons. The quantitative estimate of drug-likeness (QED) is 0.905. The first-order valence-electron chi connectivity index (χ1n) is 7.39. The van der Waals surface area contributed by atoms with Crippen molar-refractivity contribution in [1.29, 1.82) is 0 Å². The van der Waals surface area contributed by atoms with E-state index in [0.717, 1.165) is 22.9 Å². The van der Waals surface area contributed by atoms with Gasteiger partial charge >= 0.3 is 0 Å². The smallest absolute Gasteiger partial charge is 0.154 e. The summed E-state index contributed by atoms with van der Waals surface area (Å²) in [4.78, 5) is 6.80. The second kappa shape index (κ2) is 5.05. The molecule has 0 aliphatic heterocycles. The summed E-state index contributed by atoms with van der Waals surface area (Å²) < 4.78 is 1.93. The van der Waals surface area contributed by atoms with E-state index in [0.29, 0.717) is 18.5 Å². The summed E-state index contributed by atoms with van der Waals surface area (Å²) >= 11 is 0. The molecule has 0 spiro atoms. The van der Waals surface area contributed by atoms with Crippen LogP contribution in [0.5, 0.6) is 0 Å². The summed E-state index contributed by atoms with van der Waals surface area (Å²) in [6.45, 7) is 4.99. The fourth-order valence-electron chi connectivity index (χ4n) is 2.79. The van der Waals surface area contributed by atoms with Crippen LogP contribution in [0.4, 0.5) is 5.82 Å². The van der Waals surface area contributed by atoms with E-state index in [-0.39, 0.29) is 0 Å². The normalized spacial score (nSPS) is 16.9. The lowest BCUT2D eigenvalue weighted by molar-refractivity contribution is 0.566. The maximum Gasteiger partial charge on any atom is 0.154 e. The SMILES string of the molecule is CC(C)c1cc2c(N(C)C(CN)C3CC3)nccn2n1. The van der Waals surface area contributed by atoms with Crippen molar-refractivity contribution in [3.8, 4) is 0 Å². The van der Waals surface area contributed by atoms with E-state index in [4.69, 9.17) is 5.73 Å². The Bertz CT molecular complexity index is 599. The molecule has 1 saturated carbocycles. The van der Waals surface area contributed by atoms with Gasteiger partial charge in [0.05, 0.1) is 5.69 Å². The number of nitrogens with zero attached hydrogens (tertiary/aromatic N) is 4. The van der Waals surface area contributed by atoms with Crippen LogP contribution in [0, 0.1) is 5.92 Å². The van der Waals surface area contributed by atoms with Gasteiger partial charge in [0.2, 0.25) is 0 Å². The van der Waals surface area contributed by atoms with Crippen molar-refractivity contribution in [3.63, 3.8) is 0 Å². The Morgan fingerprint density at radius 2 is 2.20 bits per heavy atom. The van der Waals surface area contributed by atoms with E-state index in [9.17, 15) is 0 Å². The van der Waals surface area contributed by atoms with Gasteiger partial charge in [-0.25, -0.2) is 9.50 Å². The van der Waals surface area contributed by atoms with Gasteiger partial charge in [0.15, 0.2) is 5.82 Å². The van der Waals surface area contributed by atoms with Gasteiger partial charge < -0.3 is 10.6 Å². The van der Waals surface area contributed by atoms with Crippen LogP contribution in [0.25, 0.3) is 5.52 Å². The molecule has 108 valence electrons. The zero-order chi connectivity index (χ0) is 14.3. The minimum Gasteiger partial charge on any atom is -0.353 e. The highest BCUT2D eigenvalue weighted by Crippen LogP contribution is 2.36. The zero-order valence-corrected chi connectivity index (χ0v) is 12.5. The fraction of sp³-hybridized carbons (Fsp3) is 0.600. The molecule has 1 unspecified atom stereocenters. The Labute approximate surface area is 119 Å². The van der Waals surface area contributed by atoms with Crippen LogP contribution in [0.1, 0.15) is 38.3 Å². The van der Waals surface area contributed by atoms with Crippen LogP contribution in [0.2, 0.25) is 0 Å². The lowest BCUT2D eigenvalue weighted by atomic mass is 10.1. The van der Waals surface area contributed by atoms with Crippen molar-refractivity contribution in [2.24, 2.45) is 11.7 Å². The number of fused-ring (bicyclic) bond motifs is 1. The lowest BCUT2D eigenvalue weighted by Gasteiger charge is -2.28. The summed E-state index contributed by atoms with van der Waals surface area (Å²) in [7, 11) is 2.10. The fourth-order valence-corrected chi connectivity index (χ4v) is 2.79. The highest BCUT2D eigenvalue weighted by Gasteiger charge is 2.34. The summed E-state index contributed by atoms with van der Waals surface area (Å²) in [6, 6.07) is 2.52. The van der Waals surface area contributed by atoms with E-state index < -0.39 is 0 Å². The van der Waals surface area contributed by atoms with Crippen molar-refractivity contribution in [2.75, 3.05) is 18.5 Å². The number of nitrogens with two attached hydrogens (primary N) is 1. The molecule has 2 N–H and O–H groups in total. The third kappa shape index (κ3) is 2.26. The first-order chi connectivity index (χ1) is 9.61. The molecule has 1 fully saturated rings. The van der Waals surface area contributed by atoms with Crippen LogP contribution in [0.3, 0.4) is 0 Å². The van der Waals surface area contributed by atoms with Crippen LogP contribution >= 0.6 is 0 Å². The average molecular weight is 273 g/mol. The minimum absolute atomic E-state index is 0.381. The van der Waals surface area contributed by atoms with Gasteiger partial charge in [-0.3, -0.25) is 0 Å². The Balaban J connectivity index is 2.01. The molecule has 3 rings (SSSR count). The molecule has 1 aliphatic carbocycles. The van der Waals surface area contributed by atoms with Crippen molar-refractivity contribution in [2.45, 2.75) is 38.6 Å². The molecule has 5 nitrogen and oxygen atoms in total. The molecule has 0 saturated heterocycles. The lowest BCUT2D eigenvalue weighted by Crippen LogP contribution is -2.40. The van der Waals surface area contributed by atoms with E-state index in [1.807, 2.05) is 16.9 Å². The average Bonchev–Trinajstić information content (AvgIpc) is 3.16. The Morgan fingerprint density at radius 1 is 1.45 bits per heavy atom. The number of hydrogen-bond acceptors (Lipinski definition) is 4. The minimum atomic E-state index is 0.381. The van der Waals surface area contributed by atoms with Crippen LogP contribution in [-0.2, 0) is 0 Å². The maximum atomic E-state index is 5.96. The first-order valence-corrected chi connectivity index (χ1v) is 7.39. The molecule has 0 aromatic carbocycles. The molecule has 1 atom stereocenters. The van der Waals surface area contributed by atoms with Crippen LogP contribution < -0.4 is 10.6 Å². The third-order valence-electron chi connectivity index (χ3n) is 4.22. The summed E-state index contributed by atoms with van der Waals surface area (Å²) in [5.41, 5.74) is 8.13. The number of hydrogen-bond donors (Lipinski definition) is 1. The summed E-state index contributed by atoms with van der Waals surface area (Å²) in [5.74, 6) is 2.12. The highest BCUT2D eigenvalue weighted by atomic mass is 15.3. The molecule has 2 aromatic heterocycles. The van der Waals surface area contributed by atoms with Crippen molar-refractivity contribution in [3.05, 3.63) is 24.2 Å². The maximum absolute atomic E-state index is 5.96. The molecular formula is C15H23N5. The Hall–Kier alpha value is -1.62. The largest absolute Gasteiger partial charge is 0.353 e. The van der Waals surface area contributed by atoms with Gasteiger partial charge in [0.25, 0.3) is 0 Å². The Kier molecular flexibility index (Phi) is 3.38. The predicted molar refractivity (Wildman–Crippen MR) is 81.0 cm³/mol. The second-order valence-electron chi connectivity index (χ2n) is 6.06. The highest BCUT2D eigenvalue weighted by molar-refractivity contribution is 5.69. The molecule has 2 aromatic rings. The van der Waals surface area contributed by atoms with Gasteiger partial charge in [0, 0.05) is 32.0 Å². The molecular weight excluding hydrogens is 250 g/mol. The topological polar surface area (TPSA) is 59.5 Å². The predicted octanol–water partition coefficient (Wildman–Crippen LogP) is 2.03. The van der Waals surface area contributed by atoms with Gasteiger partial charge in [-0.2, -0.15) is 5.10 Å². The van der Waals surface area contributed by atoms with E-state index in [1.165, 1.54) is 12.8 Å². The molecule has 0 amide bonds. The van der Waals surface area contributed by atoms with Gasteiger partial charge in [-0.1, -0.05) is 13.8 Å². The van der Waals surface area contributed by atoms with Gasteiger partial charge in [-0.05, 0) is 30.7 Å². The standard InChI is InChI=1S/C15H23N5/c1-10(2)12-8-13-15(17-6-7-20(13)18-12)19(3)14(9-16)11-4-5-11/h6-8,10-11,14H,4-5,9,16H2,1-3H3. The second-order valence-corrected chi connectivity index (χ2v) is 6.06. The van der Waals surface area contributed by atoms with E-state index >= 15 is 0 Å². The van der Waals surface area contributed by atoms with E-state index in [2.05, 4.69) is 41.9 Å².